The molecule has 1 amide bonds. The molecule has 0 aromatic carbocycles. The largest absolute Gasteiger partial charge is 0.340 e. The Labute approximate surface area is 124 Å². The van der Waals surface area contributed by atoms with Gasteiger partial charge in [-0.25, -0.2) is 0 Å². The Morgan fingerprint density at radius 1 is 1.53 bits per heavy atom. The van der Waals surface area contributed by atoms with Gasteiger partial charge in [0.05, 0.1) is 0 Å². The Kier molecular flexibility index (Phi) is 5.21. The number of aromatic nitrogens is 1. The van der Waals surface area contributed by atoms with E-state index in [1.54, 1.807) is 4.90 Å². The van der Waals surface area contributed by atoms with Crippen LogP contribution in [0.15, 0.2) is 16.7 Å². The molecule has 0 aliphatic rings. The third kappa shape index (κ3) is 4.08. The summed E-state index contributed by atoms with van der Waals surface area (Å²) in [5, 5.41) is 0. The zero-order chi connectivity index (χ0) is 14.8. The van der Waals surface area contributed by atoms with Crippen molar-refractivity contribution in [3.05, 3.63) is 22.4 Å². The van der Waals surface area contributed by atoms with Gasteiger partial charge in [0.25, 0.3) is 5.91 Å². The van der Waals surface area contributed by atoms with E-state index in [0.717, 1.165) is 4.47 Å². The summed E-state index contributed by atoms with van der Waals surface area (Å²) in [5.41, 5.74) is 6.36. The van der Waals surface area contributed by atoms with E-state index in [0.29, 0.717) is 18.8 Å². The molecule has 0 saturated carbocycles. The maximum Gasteiger partial charge on any atom is 0.270 e. The lowest BCUT2D eigenvalue weighted by atomic mass is 9.93. The lowest BCUT2D eigenvalue weighted by Crippen LogP contribution is -2.40. The van der Waals surface area contributed by atoms with E-state index in [-0.39, 0.29) is 17.4 Å². The molecule has 1 aromatic heterocycles. The van der Waals surface area contributed by atoms with Crippen LogP contribution in [-0.2, 0) is 0 Å². The molecular formula is C14H24BrN3O. The summed E-state index contributed by atoms with van der Waals surface area (Å²) in [7, 11) is 1.82. The predicted octanol–water partition coefficient (Wildman–Crippen LogP) is 2.89. The first-order valence-corrected chi connectivity index (χ1v) is 7.30. The van der Waals surface area contributed by atoms with Gasteiger partial charge in [-0.1, -0.05) is 13.8 Å². The van der Waals surface area contributed by atoms with Crippen LogP contribution in [0.25, 0.3) is 0 Å². The summed E-state index contributed by atoms with van der Waals surface area (Å²) in [5.74, 6) is 0.0286. The molecule has 0 unspecified atom stereocenters. The molecule has 0 bridgehead atoms. The van der Waals surface area contributed by atoms with Crippen molar-refractivity contribution < 1.29 is 4.79 Å². The van der Waals surface area contributed by atoms with E-state index in [1.165, 1.54) is 0 Å². The quantitative estimate of drug-likeness (QED) is 0.902. The number of hydrogen-bond acceptors (Lipinski definition) is 2. The highest BCUT2D eigenvalue weighted by Crippen LogP contribution is 2.22. The maximum absolute atomic E-state index is 12.5. The standard InChI is InChI=1S/C14H24BrN3O/c1-10(2)18-7-11(15)6-12(18)13(19)17(5)9-14(3,4)8-16/h6-7,10H,8-9,16H2,1-5H3. The van der Waals surface area contributed by atoms with Crippen molar-refractivity contribution in [3.63, 3.8) is 0 Å². The van der Waals surface area contributed by atoms with Crippen molar-refractivity contribution in [3.8, 4) is 0 Å². The SMILES string of the molecule is CC(C)n1cc(Br)cc1C(=O)N(C)CC(C)(C)CN. The van der Waals surface area contributed by atoms with Crippen molar-refractivity contribution in [1.29, 1.82) is 0 Å². The number of nitrogens with zero attached hydrogens (tertiary/aromatic N) is 2. The molecule has 1 heterocycles. The zero-order valence-electron chi connectivity index (χ0n) is 12.4. The van der Waals surface area contributed by atoms with E-state index in [9.17, 15) is 4.79 Å². The molecule has 0 aliphatic carbocycles. The van der Waals surface area contributed by atoms with Crippen LogP contribution in [0, 0.1) is 5.41 Å². The highest BCUT2D eigenvalue weighted by molar-refractivity contribution is 9.10. The lowest BCUT2D eigenvalue weighted by molar-refractivity contribution is 0.0728. The Morgan fingerprint density at radius 2 is 2.11 bits per heavy atom. The smallest absolute Gasteiger partial charge is 0.270 e. The Hall–Kier alpha value is -0.810. The summed E-state index contributed by atoms with van der Waals surface area (Å²) in [6.07, 6.45) is 1.94. The molecule has 108 valence electrons. The van der Waals surface area contributed by atoms with Crippen LogP contribution in [0.5, 0.6) is 0 Å². The van der Waals surface area contributed by atoms with Crippen LogP contribution < -0.4 is 5.73 Å². The van der Waals surface area contributed by atoms with Gasteiger partial charge in [0.1, 0.15) is 5.69 Å². The van der Waals surface area contributed by atoms with E-state index < -0.39 is 0 Å². The molecule has 19 heavy (non-hydrogen) atoms. The molecular weight excluding hydrogens is 306 g/mol. The van der Waals surface area contributed by atoms with Crippen molar-refractivity contribution in [2.75, 3.05) is 20.1 Å². The first-order chi connectivity index (χ1) is 8.68. The normalized spacial score (nSPS) is 12.0. The summed E-state index contributed by atoms with van der Waals surface area (Å²) < 4.78 is 2.91. The fraction of sp³-hybridized carbons (Fsp3) is 0.643. The maximum atomic E-state index is 12.5. The number of hydrogen-bond donors (Lipinski definition) is 1. The van der Waals surface area contributed by atoms with Crippen molar-refractivity contribution >= 4 is 21.8 Å². The highest BCUT2D eigenvalue weighted by atomic mass is 79.9. The summed E-state index contributed by atoms with van der Waals surface area (Å²) in [6, 6.07) is 2.12. The number of carbonyl (C=O) groups excluding carboxylic acids is 1. The van der Waals surface area contributed by atoms with Crippen molar-refractivity contribution in [2.24, 2.45) is 11.1 Å². The van der Waals surface area contributed by atoms with Gasteiger partial charge in [-0.15, -0.1) is 0 Å². The number of amides is 1. The second kappa shape index (κ2) is 6.09. The summed E-state index contributed by atoms with van der Waals surface area (Å²) >= 11 is 3.43. The fourth-order valence-corrected chi connectivity index (χ4v) is 2.46. The summed E-state index contributed by atoms with van der Waals surface area (Å²) in [4.78, 5) is 14.3. The van der Waals surface area contributed by atoms with Crippen LogP contribution in [0.1, 0.15) is 44.2 Å². The minimum atomic E-state index is -0.0725. The van der Waals surface area contributed by atoms with Gasteiger partial charge in [0.15, 0.2) is 0 Å². The van der Waals surface area contributed by atoms with Crippen LogP contribution in [-0.4, -0.2) is 35.5 Å². The third-order valence-corrected chi connectivity index (χ3v) is 3.59. The monoisotopic (exact) mass is 329 g/mol. The van der Waals surface area contributed by atoms with Crippen LogP contribution >= 0.6 is 15.9 Å². The second-order valence-corrected chi connectivity index (χ2v) is 6.99. The molecule has 1 aromatic rings. The minimum Gasteiger partial charge on any atom is -0.340 e. The van der Waals surface area contributed by atoms with Crippen molar-refractivity contribution in [1.82, 2.24) is 9.47 Å². The molecule has 5 heteroatoms. The molecule has 0 atom stereocenters. The Bertz CT molecular complexity index is 452. The molecule has 0 spiro atoms. The molecule has 0 fully saturated rings. The van der Waals surface area contributed by atoms with Crippen molar-refractivity contribution in [2.45, 2.75) is 33.7 Å². The van der Waals surface area contributed by atoms with E-state index in [4.69, 9.17) is 5.73 Å². The molecule has 0 radical (unpaired) electrons. The first-order valence-electron chi connectivity index (χ1n) is 6.51. The van der Waals surface area contributed by atoms with Gasteiger partial charge >= 0.3 is 0 Å². The number of rotatable bonds is 5. The number of nitrogens with two attached hydrogens (primary N) is 1. The van der Waals surface area contributed by atoms with E-state index in [2.05, 4.69) is 43.6 Å². The van der Waals surface area contributed by atoms with E-state index in [1.807, 2.05) is 23.9 Å². The molecule has 2 N–H and O–H groups in total. The summed E-state index contributed by atoms with van der Waals surface area (Å²) in [6.45, 7) is 9.45. The number of carbonyl (C=O) groups is 1. The van der Waals surface area contributed by atoms with Gasteiger partial charge in [-0.3, -0.25) is 4.79 Å². The van der Waals surface area contributed by atoms with Crippen LogP contribution in [0.3, 0.4) is 0 Å². The number of halogens is 1. The molecule has 0 saturated heterocycles. The fourth-order valence-electron chi connectivity index (χ4n) is 2.02. The molecule has 4 nitrogen and oxygen atoms in total. The van der Waals surface area contributed by atoms with Gasteiger partial charge in [-0.05, 0) is 47.8 Å². The third-order valence-electron chi connectivity index (χ3n) is 3.16. The lowest BCUT2D eigenvalue weighted by Gasteiger charge is -2.29. The van der Waals surface area contributed by atoms with Gasteiger partial charge < -0.3 is 15.2 Å². The van der Waals surface area contributed by atoms with E-state index >= 15 is 0 Å². The molecule has 0 aliphatic heterocycles. The van der Waals surface area contributed by atoms with Gasteiger partial charge in [-0.2, -0.15) is 0 Å². The minimum absolute atomic E-state index is 0.0286. The Morgan fingerprint density at radius 3 is 2.58 bits per heavy atom. The Balaban J connectivity index is 2.94. The zero-order valence-corrected chi connectivity index (χ0v) is 14.0. The molecule has 1 rings (SSSR count). The first kappa shape index (κ1) is 16.2. The van der Waals surface area contributed by atoms with Crippen LogP contribution in [0.2, 0.25) is 0 Å². The topological polar surface area (TPSA) is 51.3 Å². The second-order valence-electron chi connectivity index (χ2n) is 6.07. The van der Waals surface area contributed by atoms with Crippen LogP contribution in [0.4, 0.5) is 0 Å². The van der Waals surface area contributed by atoms with Gasteiger partial charge in [0, 0.05) is 30.3 Å². The van der Waals surface area contributed by atoms with Gasteiger partial charge in [0.2, 0.25) is 0 Å². The highest BCUT2D eigenvalue weighted by Gasteiger charge is 2.24. The average Bonchev–Trinajstić information content (AvgIpc) is 2.70. The average molecular weight is 330 g/mol. The predicted molar refractivity (Wildman–Crippen MR) is 82.3 cm³/mol.